The number of para-hydroxylation sites is 1. The highest BCUT2D eigenvalue weighted by Gasteiger charge is 2.20. The highest BCUT2D eigenvalue weighted by molar-refractivity contribution is 6.11. The first-order chi connectivity index (χ1) is 12.9. The molecule has 0 aliphatic rings. The summed E-state index contributed by atoms with van der Waals surface area (Å²) in [5.74, 6) is 1.38. The number of hydrogen-bond acceptors (Lipinski definition) is 5. The number of rotatable bonds is 7. The number of carbonyl (C=O) groups is 1. The van der Waals surface area contributed by atoms with Crippen LogP contribution < -0.4 is 5.32 Å². The van der Waals surface area contributed by atoms with E-state index in [-0.39, 0.29) is 5.78 Å². The molecule has 0 bridgehead atoms. The van der Waals surface area contributed by atoms with Gasteiger partial charge in [-0.25, -0.2) is 9.97 Å². The molecule has 0 amide bonds. The Balaban J connectivity index is 2.01. The summed E-state index contributed by atoms with van der Waals surface area (Å²) < 4.78 is 0. The molecule has 3 rings (SSSR count). The highest BCUT2D eigenvalue weighted by Crippen LogP contribution is 2.30. The van der Waals surface area contributed by atoms with Gasteiger partial charge in [0.05, 0.1) is 11.3 Å². The predicted octanol–water partition coefficient (Wildman–Crippen LogP) is 3.81. The molecule has 0 fully saturated rings. The average molecular weight is 365 g/mol. The summed E-state index contributed by atoms with van der Waals surface area (Å²) in [7, 11) is 4.13. The first-order valence-corrected chi connectivity index (χ1v) is 9.24. The lowest BCUT2D eigenvalue weighted by Crippen LogP contribution is -2.17. The Morgan fingerprint density at radius 2 is 1.93 bits per heavy atom. The third kappa shape index (κ3) is 4.01. The van der Waals surface area contributed by atoms with Gasteiger partial charge in [0.2, 0.25) is 0 Å². The van der Waals surface area contributed by atoms with E-state index in [1.165, 1.54) is 0 Å². The van der Waals surface area contributed by atoms with Crippen LogP contribution >= 0.6 is 0 Å². The van der Waals surface area contributed by atoms with E-state index in [0.717, 1.165) is 47.5 Å². The number of aromatic nitrogens is 3. The van der Waals surface area contributed by atoms with E-state index in [1.807, 2.05) is 38.1 Å². The normalized spacial score (nSPS) is 11.3. The van der Waals surface area contributed by atoms with Crippen LogP contribution in [-0.4, -0.2) is 52.8 Å². The van der Waals surface area contributed by atoms with Crippen molar-refractivity contribution in [1.82, 2.24) is 19.9 Å². The zero-order chi connectivity index (χ0) is 19.6. The SMILES string of the molecule is CC(=O)c1c(-c2nc(C)c(C)c(NCCCN(C)C)n2)[nH]c2ccccc12. The zero-order valence-electron chi connectivity index (χ0n) is 16.7. The standard InChI is InChI=1S/C21H27N5O/c1-13-14(2)23-21(25-20(13)22-11-8-12-26(4)5)19-18(15(3)27)16-9-6-7-10-17(16)24-19/h6-7,9-10,24H,8,11-12H2,1-5H3,(H,22,23,25). The average Bonchev–Trinajstić information content (AvgIpc) is 3.01. The van der Waals surface area contributed by atoms with Crippen molar-refractivity contribution in [2.24, 2.45) is 0 Å². The van der Waals surface area contributed by atoms with Gasteiger partial charge in [0.1, 0.15) is 5.82 Å². The molecule has 27 heavy (non-hydrogen) atoms. The fraction of sp³-hybridized carbons (Fsp3) is 0.381. The number of benzene rings is 1. The van der Waals surface area contributed by atoms with Crippen LogP contribution in [0.5, 0.6) is 0 Å². The molecule has 2 aromatic heterocycles. The molecule has 0 saturated heterocycles. The van der Waals surface area contributed by atoms with Crippen LogP contribution in [0.25, 0.3) is 22.4 Å². The number of Topliss-reactive ketones (excluding diaryl/α,β-unsaturated/α-hetero) is 1. The van der Waals surface area contributed by atoms with Crippen LogP contribution in [0.1, 0.15) is 35.0 Å². The predicted molar refractivity (Wildman–Crippen MR) is 110 cm³/mol. The molecular formula is C21H27N5O. The van der Waals surface area contributed by atoms with Crippen molar-refractivity contribution in [1.29, 1.82) is 0 Å². The number of fused-ring (bicyclic) bond motifs is 1. The van der Waals surface area contributed by atoms with Gasteiger partial charge in [0, 0.05) is 28.7 Å². The van der Waals surface area contributed by atoms with E-state index in [1.54, 1.807) is 6.92 Å². The summed E-state index contributed by atoms with van der Waals surface area (Å²) in [6.07, 6.45) is 1.02. The Hall–Kier alpha value is -2.73. The summed E-state index contributed by atoms with van der Waals surface area (Å²) in [5, 5.41) is 4.33. The Bertz CT molecular complexity index is 974. The molecule has 0 spiro atoms. The minimum atomic E-state index is 0.00442. The van der Waals surface area contributed by atoms with E-state index in [4.69, 9.17) is 4.98 Å². The van der Waals surface area contributed by atoms with Gasteiger partial charge < -0.3 is 15.2 Å². The maximum atomic E-state index is 12.3. The smallest absolute Gasteiger partial charge is 0.179 e. The van der Waals surface area contributed by atoms with Crippen molar-refractivity contribution < 1.29 is 4.79 Å². The number of anilines is 1. The molecule has 0 radical (unpaired) electrons. The number of aromatic amines is 1. The van der Waals surface area contributed by atoms with Gasteiger partial charge in [-0.15, -0.1) is 0 Å². The van der Waals surface area contributed by atoms with Crippen LogP contribution in [-0.2, 0) is 0 Å². The lowest BCUT2D eigenvalue weighted by atomic mass is 10.1. The number of aryl methyl sites for hydroxylation is 1. The molecule has 2 heterocycles. The lowest BCUT2D eigenvalue weighted by Gasteiger charge is -2.14. The number of hydrogen-bond donors (Lipinski definition) is 2. The Morgan fingerprint density at radius 3 is 2.63 bits per heavy atom. The summed E-state index contributed by atoms with van der Waals surface area (Å²) in [6, 6.07) is 7.80. The van der Waals surface area contributed by atoms with Crippen LogP contribution in [0, 0.1) is 13.8 Å². The molecule has 0 atom stereocenters. The molecule has 6 nitrogen and oxygen atoms in total. The van der Waals surface area contributed by atoms with Crippen molar-refractivity contribution in [3.8, 4) is 11.5 Å². The molecule has 0 unspecified atom stereocenters. The Morgan fingerprint density at radius 1 is 1.19 bits per heavy atom. The lowest BCUT2D eigenvalue weighted by molar-refractivity contribution is 0.102. The second-order valence-electron chi connectivity index (χ2n) is 7.17. The number of ketones is 1. The number of carbonyl (C=O) groups excluding carboxylic acids is 1. The minimum absolute atomic E-state index is 0.00442. The maximum absolute atomic E-state index is 12.3. The fourth-order valence-corrected chi connectivity index (χ4v) is 3.19. The number of nitrogens with one attached hydrogen (secondary N) is 2. The monoisotopic (exact) mass is 365 g/mol. The van der Waals surface area contributed by atoms with Gasteiger partial charge >= 0.3 is 0 Å². The highest BCUT2D eigenvalue weighted by atomic mass is 16.1. The summed E-state index contributed by atoms with van der Waals surface area (Å²) in [4.78, 5) is 27.2. The van der Waals surface area contributed by atoms with E-state index < -0.39 is 0 Å². The molecule has 1 aromatic carbocycles. The van der Waals surface area contributed by atoms with Crippen LogP contribution in [0.4, 0.5) is 5.82 Å². The van der Waals surface area contributed by atoms with Crippen molar-refractivity contribution in [2.75, 3.05) is 32.5 Å². The van der Waals surface area contributed by atoms with Crippen molar-refractivity contribution in [3.05, 3.63) is 41.1 Å². The van der Waals surface area contributed by atoms with Gasteiger partial charge in [-0.2, -0.15) is 0 Å². The Labute approximate surface area is 160 Å². The van der Waals surface area contributed by atoms with E-state index in [9.17, 15) is 4.79 Å². The molecule has 6 heteroatoms. The second kappa shape index (κ2) is 7.88. The maximum Gasteiger partial charge on any atom is 0.179 e. The molecule has 2 N–H and O–H groups in total. The molecule has 3 aromatic rings. The molecule has 0 aliphatic heterocycles. The summed E-state index contributed by atoms with van der Waals surface area (Å²) >= 11 is 0. The third-order valence-corrected chi connectivity index (χ3v) is 4.75. The van der Waals surface area contributed by atoms with Crippen LogP contribution in [0.3, 0.4) is 0 Å². The van der Waals surface area contributed by atoms with Gasteiger partial charge in [-0.3, -0.25) is 4.79 Å². The minimum Gasteiger partial charge on any atom is -0.370 e. The topological polar surface area (TPSA) is 73.9 Å². The molecule has 142 valence electrons. The number of H-pyrrole nitrogens is 1. The first-order valence-electron chi connectivity index (χ1n) is 9.24. The van der Waals surface area contributed by atoms with Gasteiger partial charge in [0.15, 0.2) is 11.6 Å². The first kappa shape index (κ1) is 19.0. The van der Waals surface area contributed by atoms with E-state index in [0.29, 0.717) is 17.1 Å². The molecule has 0 aliphatic carbocycles. The third-order valence-electron chi connectivity index (χ3n) is 4.75. The van der Waals surface area contributed by atoms with Crippen molar-refractivity contribution in [3.63, 3.8) is 0 Å². The van der Waals surface area contributed by atoms with Crippen LogP contribution in [0.2, 0.25) is 0 Å². The van der Waals surface area contributed by atoms with E-state index in [2.05, 4.69) is 34.3 Å². The molecule has 0 saturated carbocycles. The second-order valence-corrected chi connectivity index (χ2v) is 7.17. The Kier molecular flexibility index (Phi) is 5.56. The van der Waals surface area contributed by atoms with Crippen LogP contribution in [0.15, 0.2) is 24.3 Å². The quantitative estimate of drug-likeness (QED) is 0.492. The van der Waals surface area contributed by atoms with E-state index >= 15 is 0 Å². The molecular weight excluding hydrogens is 338 g/mol. The van der Waals surface area contributed by atoms with Crippen molar-refractivity contribution >= 4 is 22.5 Å². The van der Waals surface area contributed by atoms with Gasteiger partial charge in [-0.05, 0) is 53.9 Å². The number of nitrogens with zero attached hydrogens (tertiary/aromatic N) is 3. The van der Waals surface area contributed by atoms with Gasteiger partial charge in [-0.1, -0.05) is 18.2 Å². The fourth-order valence-electron chi connectivity index (χ4n) is 3.19. The summed E-state index contributed by atoms with van der Waals surface area (Å²) in [5.41, 5.74) is 4.18. The zero-order valence-corrected chi connectivity index (χ0v) is 16.7. The summed E-state index contributed by atoms with van der Waals surface area (Å²) in [6.45, 7) is 7.42. The largest absolute Gasteiger partial charge is 0.370 e. The van der Waals surface area contributed by atoms with Gasteiger partial charge in [0.25, 0.3) is 0 Å². The van der Waals surface area contributed by atoms with Crippen molar-refractivity contribution in [2.45, 2.75) is 27.2 Å².